The molecule has 0 atom stereocenters. The fourth-order valence-electron chi connectivity index (χ4n) is 3.55. The monoisotopic (exact) mass is 443 g/mol. The molecular weight excluding hydrogens is 418 g/mol. The largest absolute Gasteiger partial charge is 0.497 e. The number of aromatic nitrogens is 2. The highest BCUT2D eigenvalue weighted by molar-refractivity contribution is 7.99. The molecule has 158 valence electrons. The Kier molecular flexibility index (Phi) is 6.01. The van der Waals surface area contributed by atoms with E-state index in [2.05, 4.69) is 33.9 Å². The lowest BCUT2D eigenvalue weighted by molar-refractivity contribution is -0.128. The molecule has 1 aliphatic heterocycles. The second-order valence-corrected chi connectivity index (χ2v) is 9.36. The second-order valence-electron chi connectivity index (χ2n) is 7.21. The average Bonchev–Trinajstić information content (AvgIpc) is 3.06. The van der Waals surface area contributed by atoms with Gasteiger partial charge in [0.05, 0.1) is 18.2 Å². The molecule has 3 heterocycles. The van der Waals surface area contributed by atoms with Gasteiger partial charge >= 0.3 is 0 Å². The minimum Gasteiger partial charge on any atom is -0.497 e. The maximum absolute atomic E-state index is 12.7. The van der Waals surface area contributed by atoms with E-state index in [4.69, 9.17) is 10.5 Å². The Morgan fingerprint density at radius 2 is 1.87 bits per heavy atom. The number of nitrogens with two attached hydrogens (primary N) is 1. The molecule has 3 aromatic rings. The number of carbonyl (C=O) groups is 1. The molecular formula is C21H25N5O2S2. The molecule has 0 spiro atoms. The Bertz CT molecular complexity index is 1060. The van der Waals surface area contributed by atoms with Crippen molar-refractivity contribution in [3.63, 3.8) is 0 Å². The van der Waals surface area contributed by atoms with Crippen LogP contribution in [0.3, 0.4) is 0 Å². The first-order valence-electron chi connectivity index (χ1n) is 9.79. The summed E-state index contributed by atoms with van der Waals surface area (Å²) in [5, 5.41) is 1.49. The van der Waals surface area contributed by atoms with Crippen LogP contribution in [0.25, 0.3) is 10.2 Å². The molecule has 2 N–H and O–H groups in total. The quantitative estimate of drug-likeness (QED) is 0.478. The molecule has 1 amide bonds. The number of carbonyl (C=O) groups excluding carboxylic acids is 1. The molecule has 1 aromatic carbocycles. The van der Waals surface area contributed by atoms with Gasteiger partial charge in [-0.2, -0.15) is 0 Å². The van der Waals surface area contributed by atoms with Gasteiger partial charge in [-0.15, -0.1) is 11.3 Å². The number of thioether (sulfide) groups is 1. The first-order chi connectivity index (χ1) is 14.5. The van der Waals surface area contributed by atoms with Crippen LogP contribution in [-0.4, -0.2) is 59.8 Å². The maximum atomic E-state index is 12.7. The molecule has 1 aliphatic rings. The molecule has 0 unspecified atom stereocenters. The Labute approximate surface area is 184 Å². The minimum atomic E-state index is 0.107. The topological polar surface area (TPSA) is 84.6 Å². The van der Waals surface area contributed by atoms with Crippen molar-refractivity contribution >= 4 is 50.7 Å². The second kappa shape index (κ2) is 8.69. The minimum absolute atomic E-state index is 0.107. The summed E-state index contributed by atoms with van der Waals surface area (Å²) in [5.74, 6) is 1.76. The Morgan fingerprint density at radius 3 is 2.53 bits per heavy atom. The number of methoxy groups -OCH3 is 1. The number of hydrogen-bond acceptors (Lipinski definition) is 8. The fourth-order valence-corrected chi connectivity index (χ4v) is 5.40. The molecule has 7 nitrogen and oxygen atoms in total. The average molecular weight is 444 g/mol. The number of aryl methyl sites for hydroxylation is 2. The van der Waals surface area contributed by atoms with Gasteiger partial charge in [0.25, 0.3) is 0 Å². The third kappa shape index (κ3) is 4.17. The van der Waals surface area contributed by atoms with Gasteiger partial charge in [0.15, 0.2) is 5.16 Å². The number of anilines is 2. The molecule has 1 saturated heterocycles. The lowest BCUT2D eigenvalue weighted by atomic mass is 10.2. The zero-order chi connectivity index (χ0) is 21.3. The van der Waals surface area contributed by atoms with Crippen molar-refractivity contribution in [3.05, 3.63) is 34.7 Å². The maximum Gasteiger partial charge on any atom is 0.233 e. The highest BCUT2D eigenvalue weighted by atomic mass is 32.2. The van der Waals surface area contributed by atoms with E-state index in [-0.39, 0.29) is 5.91 Å². The normalized spacial score (nSPS) is 14.4. The Morgan fingerprint density at radius 1 is 1.17 bits per heavy atom. The van der Waals surface area contributed by atoms with Crippen LogP contribution in [0.2, 0.25) is 0 Å². The molecule has 1 fully saturated rings. The Balaban J connectivity index is 1.33. The van der Waals surface area contributed by atoms with Crippen LogP contribution in [0, 0.1) is 13.8 Å². The number of hydrogen-bond donors (Lipinski definition) is 1. The van der Waals surface area contributed by atoms with Gasteiger partial charge in [0, 0.05) is 36.7 Å². The van der Waals surface area contributed by atoms with Crippen molar-refractivity contribution in [2.24, 2.45) is 0 Å². The van der Waals surface area contributed by atoms with Gasteiger partial charge in [0.2, 0.25) is 5.91 Å². The van der Waals surface area contributed by atoms with E-state index in [9.17, 15) is 4.79 Å². The first-order valence-corrected chi connectivity index (χ1v) is 11.6. The van der Waals surface area contributed by atoms with E-state index >= 15 is 0 Å². The predicted octanol–water partition coefficient (Wildman–Crippen LogP) is 3.34. The van der Waals surface area contributed by atoms with Crippen molar-refractivity contribution in [1.82, 2.24) is 14.9 Å². The van der Waals surface area contributed by atoms with Crippen molar-refractivity contribution in [2.75, 3.05) is 49.7 Å². The number of thiophene rings is 1. The van der Waals surface area contributed by atoms with Gasteiger partial charge in [-0.1, -0.05) is 11.8 Å². The van der Waals surface area contributed by atoms with Crippen LogP contribution in [0.1, 0.15) is 10.4 Å². The fraction of sp³-hybridized carbons (Fsp3) is 0.381. The third-order valence-corrected chi connectivity index (χ3v) is 7.36. The van der Waals surface area contributed by atoms with E-state index in [1.54, 1.807) is 18.4 Å². The lowest BCUT2D eigenvalue weighted by Gasteiger charge is -2.36. The number of benzene rings is 1. The highest BCUT2D eigenvalue weighted by Crippen LogP contribution is 2.33. The van der Waals surface area contributed by atoms with Crippen LogP contribution >= 0.6 is 23.1 Å². The molecule has 0 aliphatic carbocycles. The molecule has 2 aromatic heterocycles. The van der Waals surface area contributed by atoms with Crippen LogP contribution in [0.15, 0.2) is 29.4 Å². The summed E-state index contributed by atoms with van der Waals surface area (Å²) in [4.78, 5) is 28.0. The standard InChI is InChI=1S/C21H25N5O2S2/c1-13-14(2)30-20-18(13)19(22)23-21(24-20)29-12-17(27)26-10-8-25(9-11-26)15-4-6-16(28-3)7-5-15/h4-7H,8-12H2,1-3H3,(H2,22,23,24). The highest BCUT2D eigenvalue weighted by Gasteiger charge is 2.22. The van der Waals surface area contributed by atoms with Gasteiger partial charge in [-0.25, -0.2) is 9.97 Å². The van der Waals surface area contributed by atoms with Crippen molar-refractivity contribution < 1.29 is 9.53 Å². The SMILES string of the molecule is COc1ccc(N2CCN(C(=O)CSc3nc(N)c4c(C)c(C)sc4n3)CC2)cc1. The molecule has 0 radical (unpaired) electrons. The van der Waals surface area contributed by atoms with Gasteiger partial charge in [-0.05, 0) is 43.7 Å². The number of amides is 1. The summed E-state index contributed by atoms with van der Waals surface area (Å²) in [5.41, 5.74) is 8.43. The van der Waals surface area contributed by atoms with Crippen molar-refractivity contribution in [2.45, 2.75) is 19.0 Å². The van der Waals surface area contributed by atoms with E-state index in [1.165, 1.54) is 16.6 Å². The number of nitrogens with zero attached hydrogens (tertiary/aromatic N) is 4. The van der Waals surface area contributed by atoms with Gasteiger partial charge < -0.3 is 20.3 Å². The van der Waals surface area contributed by atoms with Crippen LogP contribution < -0.4 is 15.4 Å². The molecule has 30 heavy (non-hydrogen) atoms. The molecule has 4 rings (SSSR count). The smallest absolute Gasteiger partial charge is 0.233 e. The summed E-state index contributed by atoms with van der Waals surface area (Å²) in [6.07, 6.45) is 0. The van der Waals surface area contributed by atoms with Crippen molar-refractivity contribution in [3.8, 4) is 5.75 Å². The van der Waals surface area contributed by atoms with Crippen LogP contribution in [-0.2, 0) is 4.79 Å². The Hall–Kier alpha value is -2.52. The summed E-state index contributed by atoms with van der Waals surface area (Å²) in [6, 6.07) is 8.03. The molecule has 0 saturated carbocycles. The number of fused-ring (bicyclic) bond motifs is 1. The van der Waals surface area contributed by atoms with Crippen LogP contribution in [0.4, 0.5) is 11.5 Å². The summed E-state index contributed by atoms with van der Waals surface area (Å²) in [7, 11) is 1.66. The third-order valence-electron chi connectivity index (χ3n) is 5.43. The number of rotatable bonds is 5. The summed E-state index contributed by atoms with van der Waals surface area (Å²) >= 11 is 2.97. The lowest BCUT2D eigenvalue weighted by Crippen LogP contribution is -2.49. The van der Waals surface area contributed by atoms with Crippen LogP contribution in [0.5, 0.6) is 5.75 Å². The number of ether oxygens (including phenoxy) is 1. The predicted molar refractivity (Wildman–Crippen MR) is 124 cm³/mol. The first kappa shape index (κ1) is 20.7. The van der Waals surface area contributed by atoms with Crippen molar-refractivity contribution in [1.29, 1.82) is 0 Å². The van der Waals surface area contributed by atoms with E-state index in [0.717, 1.165) is 40.3 Å². The molecule has 9 heteroatoms. The molecule has 0 bridgehead atoms. The van der Waals surface area contributed by atoms with E-state index in [1.807, 2.05) is 24.0 Å². The zero-order valence-electron chi connectivity index (χ0n) is 17.3. The summed E-state index contributed by atoms with van der Waals surface area (Å²) in [6.45, 7) is 7.13. The van der Waals surface area contributed by atoms with E-state index < -0.39 is 0 Å². The van der Waals surface area contributed by atoms with E-state index in [0.29, 0.717) is 29.8 Å². The zero-order valence-corrected chi connectivity index (χ0v) is 19.0. The summed E-state index contributed by atoms with van der Waals surface area (Å²) < 4.78 is 5.22. The van der Waals surface area contributed by atoms with Gasteiger partial charge in [0.1, 0.15) is 16.4 Å². The van der Waals surface area contributed by atoms with Gasteiger partial charge in [-0.3, -0.25) is 4.79 Å². The number of piperazine rings is 1. The number of nitrogen functional groups attached to an aromatic ring is 1.